The van der Waals surface area contributed by atoms with Gasteiger partial charge in [-0.25, -0.2) is 19.2 Å². The summed E-state index contributed by atoms with van der Waals surface area (Å²) < 4.78 is 24.4. The van der Waals surface area contributed by atoms with Gasteiger partial charge in [-0.15, -0.1) is 0 Å². The number of benzene rings is 2. The molecule has 1 saturated heterocycles. The Morgan fingerprint density at radius 3 is 1.03 bits per heavy atom. The minimum Gasteiger partial charge on any atom is -0.451 e. The first-order valence-electron chi connectivity index (χ1n) is 25.3. The highest BCUT2D eigenvalue weighted by Gasteiger charge is 2.45. The number of carbonyl (C=O) groups is 8. The van der Waals surface area contributed by atoms with E-state index in [-0.39, 0.29) is 43.9 Å². The molecule has 16 heteroatoms. The summed E-state index contributed by atoms with van der Waals surface area (Å²) in [6.45, 7) is 19.5. The van der Waals surface area contributed by atoms with E-state index in [1.807, 2.05) is 40.7 Å². The highest BCUT2D eigenvalue weighted by atomic mass is 16.6. The third-order valence-electron chi connectivity index (χ3n) is 12.9. The second kappa shape index (κ2) is 27.7. The largest absolute Gasteiger partial charge is 0.451 e. The fourth-order valence-electron chi connectivity index (χ4n) is 8.46. The van der Waals surface area contributed by atoms with Crippen molar-refractivity contribution >= 4 is 47.5 Å². The molecular formula is C55H82N4O12. The monoisotopic (exact) mass is 991 g/mol. The van der Waals surface area contributed by atoms with Crippen LogP contribution < -0.4 is 0 Å². The molecule has 0 aliphatic carbocycles. The topological polar surface area (TPSA) is 186 Å². The van der Waals surface area contributed by atoms with Crippen LogP contribution in [0.4, 0.5) is 0 Å². The normalized spacial score (nSPS) is 24.7. The summed E-state index contributed by atoms with van der Waals surface area (Å²) in [5.74, 6) is -8.55. The number of hydrogen-bond donors (Lipinski definition) is 0. The number of esters is 4. The van der Waals surface area contributed by atoms with Gasteiger partial charge in [0.2, 0.25) is 0 Å². The van der Waals surface area contributed by atoms with E-state index >= 15 is 0 Å². The maximum atomic E-state index is 14.8. The van der Waals surface area contributed by atoms with Crippen molar-refractivity contribution in [1.82, 2.24) is 19.6 Å². The number of unbranched alkanes of at least 4 members (excludes halogenated alkanes) is 1. The fourth-order valence-corrected chi connectivity index (χ4v) is 8.46. The molecule has 394 valence electrons. The van der Waals surface area contributed by atoms with E-state index in [4.69, 9.17) is 18.9 Å². The molecule has 0 radical (unpaired) electrons. The maximum Gasteiger partial charge on any atom is 0.329 e. The number of ether oxygens (including phenoxy) is 4. The first-order valence-corrected chi connectivity index (χ1v) is 25.3. The van der Waals surface area contributed by atoms with Crippen molar-refractivity contribution in [2.45, 2.75) is 170 Å². The van der Waals surface area contributed by atoms with Gasteiger partial charge in [-0.3, -0.25) is 19.2 Å². The van der Waals surface area contributed by atoms with Gasteiger partial charge < -0.3 is 38.5 Å². The lowest BCUT2D eigenvalue weighted by Crippen LogP contribution is -2.56. The van der Waals surface area contributed by atoms with E-state index in [0.717, 1.165) is 4.90 Å². The quantitative estimate of drug-likeness (QED) is 0.144. The van der Waals surface area contributed by atoms with Gasteiger partial charge in [0.1, 0.15) is 24.2 Å². The number of hydrogen-bond acceptors (Lipinski definition) is 12. The Balaban J connectivity index is 2.34. The van der Waals surface area contributed by atoms with Crippen LogP contribution in [0.3, 0.4) is 0 Å². The number of likely N-dealkylation sites (N-methyl/N-ethyl adjacent to an activating group) is 4. The van der Waals surface area contributed by atoms with Gasteiger partial charge in [-0.2, -0.15) is 0 Å². The van der Waals surface area contributed by atoms with E-state index < -0.39 is 114 Å². The van der Waals surface area contributed by atoms with Gasteiger partial charge in [0.05, 0.1) is 0 Å². The Bertz CT molecular complexity index is 2090. The molecule has 3 rings (SSSR count). The van der Waals surface area contributed by atoms with Gasteiger partial charge in [-0.1, -0.05) is 143 Å². The highest BCUT2D eigenvalue weighted by molar-refractivity contribution is 5.94. The van der Waals surface area contributed by atoms with Gasteiger partial charge >= 0.3 is 23.9 Å². The zero-order valence-corrected chi connectivity index (χ0v) is 44.9. The average molecular weight is 991 g/mol. The second-order valence-corrected chi connectivity index (χ2v) is 20.9. The third kappa shape index (κ3) is 16.6. The molecule has 4 amide bonds. The van der Waals surface area contributed by atoms with Crippen molar-refractivity contribution in [2.75, 3.05) is 28.2 Å². The molecular weight excluding hydrogens is 909 g/mol. The molecule has 1 heterocycles. The summed E-state index contributed by atoms with van der Waals surface area (Å²) in [5.41, 5.74) is 1.34. The molecule has 0 saturated carbocycles. The van der Waals surface area contributed by atoms with Crippen LogP contribution in [0.25, 0.3) is 0 Å². The van der Waals surface area contributed by atoms with Gasteiger partial charge in [0.15, 0.2) is 24.4 Å². The zero-order valence-electron chi connectivity index (χ0n) is 44.9. The Morgan fingerprint density at radius 2 is 0.718 bits per heavy atom. The number of amides is 4. The Kier molecular flexibility index (Phi) is 23.2. The zero-order chi connectivity index (χ0) is 53.4. The van der Waals surface area contributed by atoms with E-state index in [9.17, 15) is 38.4 Å². The predicted molar refractivity (Wildman–Crippen MR) is 269 cm³/mol. The Hall–Kier alpha value is -5.80. The minimum atomic E-state index is -1.46. The molecule has 1 aliphatic heterocycles. The molecule has 2 aromatic carbocycles. The van der Waals surface area contributed by atoms with E-state index in [1.54, 1.807) is 96.1 Å². The molecule has 1 fully saturated rings. The summed E-state index contributed by atoms with van der Waals surface area (Å²) in [6, 6.07) is 12.8. The number of nitrogens with zero attached hydrogens (tertiary/aromatic N) is 4. The van der Waals surface area contributed by atoms with Crippen LogP contribution in [-0.4, -0.2) is 144 Å². The number of carbonyl (C=O) groups excluding carboxylic acids is 8. The summed E-state index contributed by atoms with van der Waals surface area (Å²) in [4.78, 5) is 122. The van der Waals surface area contributed by atoms with E-state index in [2.05, 4.69) is 0 Å². The van der Waals surface area contributed by atoms with E-state index in [0.29, 0.717) is 24.0 Å². The third-order valence-corrected chi connectivity index (χ3v) is 12.9. The lowest BCUT2D eigenvalue weighted by atomic mass is 9.98. The van der Waals surface area contributed by atoms with Crippen LogP contribution in [0.1, 0.15) is 119 Å². The second-order valence-electron chi connectivity index (χ2n) is 20.9. The summed E-state index contributed by atoms with van der Waals surface area (Å²) in [5, 5.41) is 0. The number of rotatable bonds is 14. The van der Waals surface area contributed by atoms with Crippen molar-refractivity contribution in [3.63, 3.8) is 0 Å². The van der Waals surface area contributed by atoms with Crippen molar-refractivity contribution in [2.24, 2.45) is 29.6 Å². The van der Waals surface area contributed by atoms with Crippen LogP contribution in [0, 0.1) is 29.6 Å². The lowest BCUT2D eigenvalue weighted by molar-refractivity contribution is -0.179. The van der Waals surface area contributed by atoms with Crippen molar-refractivity contribution in [1.29, 1.82) is 0 Å². The van der Waals surface area contributed by atoms with E-state index in [1.165, 1.54) is 42.9 Å². The van der Waals surface area contributed by atoms with Gasteiger partial charge in [-0.05, 0) is 66.4 Å². The summed E-state index contributed by atoms with van der Waals surface area (Å²) >= 11 is 0. The first-order chi connectivity index (χ1) is 33.3. The molecule has 1 aliphatic rings. The number of cyclic esters (lactones) is 4. The molecule has 16 nitrogen and oxygen atoms in total. The minimum absolute atomic E-state index is 0.0340. The van der Waals surface area contributed by atoms with Gasteiger partial charge in [0.25, 0.3) is 23.6 Å². The van der Waals surface area contributed by atoms with Crippen molar-refractivity contribution < 1.29 is 57.3 Å². The smallest absolute Gasteiger partial charge is 0.329 e. The summed E-state index contributed by atoms with van der Waals surface area (Å²) in [6.07, 6.45) is -4.34. The summed E-state index contributed by atoms with van der Waals surface area (Å²) in [7, 11) is 5.64. The average Bonchev–Trinajstić information content (AvgIpc) is 3.32. The highest BCUT2D eigenvalue weighted by Crippen LogP contribution is 2.26. The molecule has 0 aromatic heterocycles. The van der Waals surface area contributed by atoms with Gasteiger partial charge in [0, 0.05) is 41.0 Å². The Labute approximate surface area is 422 Å². The molecule has 2 aromatic rings. The molecule has 0 bridgehead atoms. The molecule has 8 atom stereocenters. The molecule has 0 spiro atoms. The fraction of sp³-hybridized carbons (Fsp3) is 0.636. The maximum absolute atomic E-state index is 14.8. The SMILES string of the molecule is CCCCC1OC(=O)C(CC(C)C)N(C)C(=O)C(C(C)C)OC(=O)C(CC(C)C)N(C)C(=O)C(C(C)C)OC(=O)C(Cc2ccccc2)N(C)C(=O)C(C(C)C)OC(=O)C(Cc2ccccc2)N(C)C1=O. The predicted octanol–water partition coefficient (Wildman–Crippen LogP) is 6.69. The van der Waals surface area contributed by atoms with Crippen LogP contribution in [0.15, 0.2) is 60.7 Å². The van der Waals surface area contributed by atoms with Crippen LogP contribution >= 0.6 is 0 Å². The standard InChI is InChI=1S/C55H82N4O12/c1-16-17-28-44-48(60)56(12)42(31-38-24-20-18-21-25-38)54(66)70-47(37(10)11)51(63)59(15)43(32-39-26-22-19-23-27-39)55(67)71-46(36(8)9)50(62)58(14)41(30-34(4)5)53(65)69-45(35(6)7)49(61)57(13)40(29-33(2)3)52(64)68-44/h18-27,33-37,40-47H,16-17,28-32H2,1-15H3. The molecule has 71 heavy (non-hydrogen) atoms. The molecule has 0 N–H and O–H groups in total. The van der Waals surface area contributed by atoms with Crippen LogP contribution in [0.5, 0.6) is 0 Å². The van der Waals surface area contributed by atoms with Crippen LogP contribution in [0.2, 0.25) is 0 Å². The lowest BCUT2D eigenvalue weighted by Gasteiger charge is -2.37. The first kappa shape index (κ1) is 59.5. The van der Waals surface area contributed by atoms with Crippen LogP contribution in [-0.2, 0) is 70.1 Å². The van der Waals surface area contributed by atoms with Crippen molar-refractivity contribution in [3.8, 4) is 0 Å². The molecule has 8 unspecified atom stereocenters. The van der Waals surface area contributed by atoms with Crippen molar-refractivity contribution in [3.05, 3.63) is 71.8 Å². The Morgan fingerprint density at radius 1 is 0.423 bits per heavy atom.